The van der Waals surface area contributed by atoms with Gasteiger partial charge in [0.2, 0.25) is 0 Å². The van der Waals surface area contributed by atoms with Crippen molar-refractivity contribution in [2.24, 2.45) is 0 Å². The van der Waals surface area contributed by atoms with Gasteiger partial charge >= 0.3 is 0 Å². The van der Waals surface area contributed by atoms with E-state index in [-0.39, 0.29) is 5.91 Å². The van der Waals surface area contributed by atoms with Gasteiger partial charge in [0, 0.05) is 30.7 Å². The number of amides is 1. The van der Waals surface area contributed by atoms with Crippen molar-refractivity contribution < 1.29 is 4.79 Å². The van der Waals surface area contributed by atoms with E-state index in [0.717, 1.165) is 18.7 Å². The first-order valence-electron chi connectivity index (χ1n) is 6.16. The fourth-order valence-corrected chi connectivity index (χ4v) is 2.33. The molecule has 1 aromatic rings. The van der Waals surface area contributed by atoms with Crippen molar-refractivity contribution in [2.75, 3.05) is 20.1 Å². The Morgan fingerprint density at radius 2 is 1.65 bits per heavy atom. The maximum Gasteiger partial charge on any atom is 0.253 e. The van der Waals surface area contributed by atoms with Crippen molar-refractivity contribution in [1.29, 1.82) is 0 Å². The van der Waals surface area contributed by atoms with Crippen LogP contribution in [0.25, 0.3) is 0 Å². The third kappa shape index (κ3) is 2.50. The lowest BCUT2D eigenvalue weighted by Gasteiger charge is -2.42. The minimum absolute atomic E-state index is 0.150. The van der Waals surface area contributed by atoms with Gasteiger partial charge in [-0.3, -0.25) is 9.69 Å². The van der Waals surface area contributed by atoms with Gasteiger partial charge in [-0.25, -0.2) is 0 Å². The lowest BCUT2D eigenvalue weighted by atomic mass is 10.1. The van der Waals surface area contributed by atoms with Gasteiger partial charge in [-0.2, -0.15) is 0 Å². The quantitative estimate of drug-likeness (QED) is 0.738. The van der Waals surface area contributed by atoms with Gasteiger partial charge in [-0.15, -0.1) is 0 Å². The van der Waals surface area contributed by atoms with Crippen LogP contribution in [-0.4, -0.2) is 47.9 Å². The Bertz CT molecular complexity index is 378. The molecule has 0 aliphatic carbocycles. The van der Waals surface area contributed by atoms with Crippen molar-refractivity contribution >= 4 is 5.91 Å². The molecule has 1 aliphatic heterocycles. The van der Waals surface area contributed by atoms with Crippen LogP contribution in [0.15, 0.2) is 30.3 Å². The van der Waals surface area contributed by atoms with Crippen molar-refractivity contribution in [3.63, 3.8) is 0 Å². The van der Waals surface area contributed by atoms with E-state index in [0.29, 0.717) is 12.1 Å². The molecule has 2 rings (SSSR count). The van der Waals surface area contributed by atoms with Crippen LogP contribution in [0.3, 0.4) is 0 Å². The number of hydrogen-bond donors (Lipinski definition) is 0. The summed E-state index contributed by atoms with van der Waals surface area (Å²) in [5.41, 5.74) is 0.788. The molecule has 0 radical (unpaired) electrons. The molecule has 2 unspecified atom stereocenters. The average molecular weight is 232 g/mol. The number of piperazine rings is 1. The molecule has 92 valence electrons. The second-order valence-electron chi connectivity index (χ2n) is 4.94. The van der Waals surface area contributed by atoms with E-state index in [2.05, 4.69) is 25.8 Å². The summed E-state index contributed by atoms with van der Waals surface area (Å²) in [4.78, 5) is 16.6. The maximum atomic E-state index is 12.3. The summed E-state index contributed by atoms with van der Waals surface area (Å²) in [5.74, 6) is 0.150. The van der Waals surface area contributed by atoms with Crippen LogP contribution in [0.4, 0.5) is 0 Å². The summed E-state index contributed by atoms with van der Waals surface area (Å²) >= 11 is 0. The van der Waals surface area contributed by atoms with E-state index in [1.807, 2.05) is 35.2 Å². The molecule has 0 bridgehead atoms. The average Bonchev–Trinajstić information content (AvgIpc) is 2.35. The van der Waals surface area contributed by atoms with E-state index in [4.69, 9.17) is 0 Å². The third-order valence-electron chi connectivity index (χ3n) is 3.67. The number of carbonyl (C=O) groups is 1. The number of hydrogen-bond acceptors (Lipinski definition) is 2. The highest BCUT2D eigenvalue weighted by molar-refractivity contribution is 5.94. The molecule has 2 atom stereocenters. The van der Waals surface area contributed by atoms with Gasteiger partial charge in [-0.1, -0.05) is 18.2 Å². The Kier molecular flexibility index (Phi) is 3.48. The Labute approximate surface area is 103 Å². The van der Waals surface area contributed by atoms with Crippen LogP contribution >= 0.6 is 0 Å². The van der Waals surface area contributed by atoms with Crippen LogP contribution < -0.4 is 0 Å². The highest BCUT2D eigenvalue weighted by atomic mass is 16.2. The third-order valence-corrected chi connectivity index (χ3v) is 3.67. The standard InChI is InChI=1S/C14H20N2O/c1-11-9-16(10-12(2)15(11)3)14(17)13-7-5-4-6-8-13/h4-8,11-12H,9-10H2,1-3H3. The summed E-state index contributed by atoms with van der Waals surface area (Å²) in [7, 11) is 2.12. The fraction of sp³-hybridized carbons (Fsp3) is 0.500. The summed E-state index contributed by atoms with van der Waals surface area (Å²) in [5, 5.41) is 0. The molecule has 1 fully saturated rings. The first-order chi connectivity index (χ1) is 8.09. The van der Waals surface area contributed by atoms with E-state index < -0.39 is 0 Å². The monoisotopic (exact) mass is 232 g/mol. The Morgan fingerprint density at radius 3 is 2.18 bits per heavy atom. The SMILES string of the molecule is CC1CN(C(=O)c2ccccc2)CC(C)N1C. The number of rotatable bonds is 1. The van der Waals surface area contributed by atoms with Crippen molar-refractivity contribution in [3.8, 4) is 0 Å². The first-order valence-corrected chi connectivity index (χ1v) is 6.16. The number of nitrogens with zero attached hydrogens (tertiary/aromatic N) is 2. The summed E-state index contributed by atoms with van der Waals surface area (Å²) in [6.45, 7) is 5.96. The van der Waals surface area contributed by atoms with Crippen molar-refractivity contribution in [3.05, 3.63) is 35.9 Å². The van der Waals surface area contributed by atoms with E-state index >= 15 is 0 Å². The zero-order chi connectivity index (χ0) is 12.4. The van der Waals surface area contributed by atoms with Gasteiger partial charge in [0.15, 0.2) is 0 Å². The van der Waals surface area contributed by atoms with Gasteiger partial charge < -0.3 is 4.90 Å². The molecule has 1 aliphatic rings. The predicted molar refractivity (Wildman–Crippen MR) is 69.0 cm³/mol. The molecule has 0 aromatic heterocycles. The van der Waals surface area contributed by atoms with Crippen LogP contribution in [0.5, 0.6) is 0 Å². The molecule has 17 heavy (non-hydrogen) atoms. The smallest absolute Gasteiger partial charge is 0.253 e. The first kappa shape index (κ1) is 12.1. The Hall–Kier alpha value is -1.35. The van der Waals surface area contributed by atoms with Gasteiger partial charge in [-0.05, 0) is 33.0 Å². The number of carbonyl (C=O) groups excluding carboxylic acids is 1. The molecule has 0 N–H and O–H groups in total. The summed E-state index contributed by atoms with van der Waals surface area (Å²) < 4.78 is 0. The van der Waals surface area contributed by atoms with E-state index in [1.54, 1.807) is 0 Å². The minimum atomic E-state index is 0.150. The normalized spacial score (nSPS) is 25.9. The highest BCUT2D eigenvalue weighted by Gasteiger charge is 2.29. The lowest BCUT2D eigenvalue weighted by molar-refractivity contribution is 0.0414. The summed E-state index contributed by atoms with van der Waals surface area (Å²) in [6.07, 6.45) is 0. The van der Waals surface area contributed by atoms with Crippen LogP contribution in [-0.2, 0) is 0 Å². The van der Waals surface area contributed by atoms with E-state index in [9.17, 15) is 4.79 Å². The summed E-state index contributed by atoms with van der Waals surface area (Å²) in [6, 6.07) is 10.4. The predicted octanol–water partition coefficient (Wildman–Crippen LogP) is 1.85. The number of benzene rings is 1. The molecule has 0 saturated carbocycles. The van der Waals surface area contributed by atoms with Gasteiger partial charge in [0.1, 0.15) is 0 Å². The van der Waals surface area contributed by atoms with Crippen LogP contribution in [0, 0.1) is 0 Å². The second-order valence-corrected chi connectivity index (χ2v) is 4.94. The molecular formula is C14H20N2O. The molecule has 1 saturated heterocycles. The van der Waals surface area contributed by atoms with Crippen molar-refractivity contribution in [1.82, 2.24) is 9.80 Å². The van der Waals surface area contributed by atoms with Gasteiger partial charge in [0.25, 0.3) is 5.91 Å². The molecular weight excluding hydrogens is 212 g/mol. The zero-order valence-corrected chi connectivity index (χ0v) is 10.8. The van der Waals surface area contributed by atoms with Crippen LogP contribution in [0.2, 0.25) is 0 Å². The molecule has 3 nitrogen and oxygen atoms in total. The zero-order valence-electron chi connectivity index (χ0n) is 10.8. The number of likely N-dealkylation sites (N-methyl/N-ethyl adjacent to an activating group) is 1. The van der Waals surface area contributed by atoms with Crippen molar-refractivity contribution in [2.45, 2.75) is 25.9 Å². The lowest BCUT2D eigenvalue weighted by Crippen LogP contribution is -2.56. The molecule has 1 heterocycles. The molecule has 0 spiro atoms. The topological polar surface area (TPSA) is 23.6 Å². The fourth-order valence-electron chi connectivity index (χ4n) is 2.33. The molecule has 3 heteroatoms. The largest absolute Gasteiger partial charge is 0.336 e. The molecule has 1 amide bonds. The highest BCUT2D eigenvalue weighted by Crippen LogP contribution is 2.15. The second kappa shape index (κ2) is 4.88. The Morgan fingerprint density at radius 1 is 1.12 bits per heavy atom. The van der Waals surface area contributed by atoms with Crippen LogP contribution in [0.1, 0.15) is 24.2 Å². The molecule has 1 aromatic carbocycles. The maximum absolute atomic E-state index is 12.3. The Balaban J connectivity index is 2.11. The minimum Gasteiger partial charge on any atom is -0.336 e. The van der Waals surface area contributed by atoms with Gasteiger partial charge in [0.05, 0.1) is 0 Å². The van der Waals surface area contributed by atoms with E-state index in [1.165, 1.54) is 0 Å².